The van der Waals surface area contributed by atoms with Gasteiger partial charge in [-0.25, -0.2) is 0 Å². The first-order valence-electron chi connectivity index (χ1n) is 5.81. The molecule has 1 aromatic heterocycles. The first-order chi connectivity index (χ1) is 9.88. The Morgan fingerprint density at radius 1 is 1.48 bits per heavy atom. The minimum atomic E-state index is -0.957. The largest absolute Gasteiger partial charge is 0.337 e. The van der Waals surface area contributed by atoms with Crippen LogP contribution < -0.4 is 0 Å². The number of amides is 1. The molecule has 0 radical (unpaired) electrons. The molecule has 0 saturated heterocycles. The van der Waals surface area contributed by atoms with Gasteiger partial charge in [0.15, 0.2) is 0 Å². The minimum Gasteiger partial charge on any atom is -0.337 e. The van der Waals surface area contributed by atoms with Gasteiger partial charge in [0.05, 0.1) is 8.71 Å². The van der Waals surface area contributed by atoms with Crippen molar-refractivity contribution in [1.29, 1.82) is 0 Å². The summed E-state index contributed by atoms with van der Waals surface area (Å²) in [6.07, 6.45) is 0. The number of nitrogens with zero attached hydrogens (tertiary/aromatic N) is 2. The quantitative estimate of drug-likeness (QED) is 0.605. The van der Waals surface area contributed by atoms with Crippen molar-refractivity contribution >= 4 is 38.9 Å². The average Bonchev–Trinajstić information content (AvgIpc) is 2.83. The molecule has 0 saturated carbocycles. The summed E-state index contributed by atoms with van der Waals surface area (Å²) < 4.78 is 14.2. The first kappa shape index (κ1) is 15.6. The summed E-state index contributed by atoms with van der Waals surface area (Å²) in [7, 11) is 1.59. The molecule has 0 aliphatic heterocycles. The average molecular weight is 373 g/mol. The van der Waals surface area contributed by atoms with Gasteiger partial charge in [-0.05, 0) is 45.1 Å². The molecular formula is C13H10BrFN2O3S. The van der Waals surface area contributed by atoms with E-state index >= 15 is 0 Å². The summed E-state index contributed by atoms with van der Waals surface area (Å²) in [5, 5.41) is 12.6. The van der Waals surface area contributed by atoms with Gasteiger partial charge >= 0.3 is 5.69 Å². The van der Waals surface area contributed by atoms with E-state index in [9.17, 15) is 19.3 Å². The van der Waals surface area contributed by atoms with E-state index in [1.54, 1.807) is 7.05 Å². The predicted octanol–water partition coefficient (Wildman–Crippen LogP) is 3.83. The third-order valence-electron chi connectivity index (χ3n) is 2.78. The zero-order valence-electron chi connectivity index (χ0n) is 10.9. The fraction of sp³-hybridized carbons (Fsp3) is 0.154. The van der Waals surface area contributed by atoms with Crippen molar-refractivity contribution in [3.8, 4) is 0 Å². The number of hydrogen-bond donors (Lipinski definition) is 0. The maximum Gasteiger partial charge on any atom is 0.305 e. The number of halogens is 2. The number of nitro groups is 1. The van der Waals surface area contributed by atoms with E-state index in [1.165, 1.54) is 22.3 Å². The Hall–Kier alpha value is -1.80. The molecule has 0 N–H and O–H groups in total. The molecule has 5 nitrogen and oxygen atoms in total. The maximum atomic E-state index is 13.3. The van der Waals surface area contributed by atoms with Crippen LogP contribution in [-0.2, 0) is 6.54 Å². The molecule has 2 aromatic rings. The molecular weight excluding hydrogens is 363 g/mol. The highest BCUT2D eigenvalue weighted by Crippen LogP contribution is 2.23. The van der Waals surface area contributed by atoms with Crippen LogP contribution in [0.5, 0.6) is 0 Å². The van der Waals surface area contributed by atoms with Gasteiger partial charge in [-0.15, -0.1) is 11.3 Å². The van der Waals surface area contributed by atoms with Crippen LogP contribution in [0.25, 0.3) is 0 Å². The van der Waals surface area contributed by atoms with E-state index in [0.717, 1.165) is 21.5 Å². The molecule has 0 fully saturated rings. The summed E-state index contributed by atoms with van der Waals surface area (Å²) >= 11 is 4.84. The van der Waals surface area contributed by atoms with E-state index in [2.05, 4.69) is 15.9 Å². The molecule has 0 aliphatic carbocycles. The van der Waals surface area contributed by atoms with Crippen molar-refractivity contribution in [2.75, 3.05) is 7.05 Å². The molecule has 0 aliphatic rings. The third-order valence-corrected chi connectivity index (χ3v) is 4.33. The first-order valence-corrected chi connectivity index (χ1v) is 7.48. The standard InChI is InChI=1S/C13H10BrFN2O3S/c1-16(6-8-4-12(14)21-7-8)13(18)9-2-3-10(15)11(5-9)17(19)20/h2-5,7H,6H2,1H3. The zero-order valence-corrected chi connectivity index (χ0v) is 13.3. The molecule has 0 unspecified atom stereocenters. The molecule has 8 heteroatoms. The normalized spacial score (nSPS) is 10.4. The van der Waals surface area contributed by atoms with Crippen molar-refractivity contribution in [2.24, 2.45) is 0 Å². The smallest absolute Gasteiger partial charge is 0.305 e. The number of benzene rings is 1. The van der Waals surface area contributed by atoms with Crippen molar-refractivity contribution in [3.63, 3.8) is 0 Å². The van der Waals surface area contributed by atoms with E-state index in [0.29, 0.717) is 6.54 Å². The van der Waals surface area contributed by atoms with E-state index in [1.807, 2.05) is 11.4 Å². The van der Waals surface area contributed by atoms with Crippen molar-refractivity contribution in [2.45, 2.75) is 6.54 Å². The second kappa shape index (κ2) is 6.31. The van der Waals surface area contributed by atoms with Gasteiger partial charge in [0.25, 0.3) is 5.91 Å². The fourth-order valence-corrected chi connectivity index (χ4v) is 2.98. The molecule has 0 spiro atoms. The topological polar surface area (TPSA) is 63.5 Å². The van der Waals surface area contributed by atoms with Gasteiger partial charge in [-0.1, -0.05) is 0 Å². The van der Waals surface area contributed by atoms with E-state index in [-0.39, 0.29) is 5.56 Å². The number of nitro benzene ring substituents is 1. The lowest BCUT2D eigenvalue weighted by Gasteiger charge is -2.16. The third kappa shape index (κ3) is 3.64. The highest BCUT2D eigenvalue weighted by atomic mass is 79.9. The van der Waals surface area contributed by atoms with Gasteiger partial charge in [0.1, 0.15) is 0 Å². The van der Waals surface area contributed by atoms with Gasteiger partial charge in [0.2, 0.25) is 5.82 Å². The molecule has 1 aromatic carbocycles. The Bertz CT molecular complexity index is 704. The highest BCUT2D eigenvalue weighted by Gasteiger charge is 2.19. The van der Waals surface area contributed by atoms with Crippen molar-refractivity contribution < 1.29 is 14.1 Å². The summed E-state index contributed by atoms with van der Waals surface area (Å²) in [5.74, 6) is -1.36. The number of rotatable bonds is 4. The molecule has 110 valence electrons. The monoisotopic (exact) mass is 372 g/mol. The molecule has 0 atom stereocenters. The SMILES string of the molecule is CN(Cc1csc(Br)c1)C(=O)c1ccc(F)c([N+](=O)[O-])c1. The lowest BCUT2D eigenvalue weighted by atomic mass is 10.1. The van der Waals surface area contributed by atoms with Crippen LogP contribution in [0.15, 0.2) is 33.4 Å². The summed E-state index contributed by atoms with van der Waals surface area (Å²) in [6, 6.07) is 5.02. The van der Waals surface area contributed by atoms with Gasteiger partial charge in [-0.3, -0.25) is 14.9 Å². The van der Waals surface area contributed by atoms with Crippen molar-refractivity contribution in [1.82, 2.24) is 4.90 Å². The van der Waals surface area contributed by atoms with Gasteiger partial charge in [0, 0.05) is 25.2 Å². The van der Waals surface area contributed by atoms with Gasteiger partial charge in [-0.2, -0.15) is 4.39 Å². The number of carbonyl (C=O) groups excluding carboxylic acids is 1. The van der Waals surface area contributed by atoms with Crippen LogP contribution >= 0.6 is 27.3 Å². The van der Waals surface area contributed by atoms with Gasteiger partial charge < -0.3 is 4.90 Å². The Balaban J connectivity index is 2.19. The molecule has 1 amide bonds. The summed E-state index contributed by atoms with van der Waals surface area (Å²) in [4.78, 5) is 23.5. The second-order valence-electron chi connectivity index (χ2n) is 4.34. The number of carbonyl (C=O) groups is 1. The fourth-order valence-electron chi connectivity index (χ4n) is 1.78. The van der Waals surface area contributed by atoms with Crippen LogP contribution in [0.4, 0.5) is 10.1 Å². The molecule has 21 heavy (non-hydrogen) atoms. The predicted molar refractivity (Wildman–Crippen MR) is 80.9 cm³/mol. The summed E-state index contributed by atoms with van der Waals surface area (Å²) in [5.41, 5.74) is 0.326. The van der Waals surface area contributed by atoms with Crippen LogP contribution in [-0.4, -0.2) is 22.8 Å². The molecule has 0 bridgehead atoms. The molecule has 1 heterocycles. The van der Waals surface area contributed by atoms with Crippen LogP contribution in [0.2, 0.25) is 0 Å². The molecule has 2 rings (SSSR count). The summed E-state index contributed by atoms with van der Waals surface area (Å²) in [6.45, 7) is 0.367. The van der Waals surface area contributed by atoms with Crippen LogP contribution in [0.3, 0.4) is 0 Å². The van der Waals surface area contributed by atoms with Crippen LogP contribution in [0, 0.1) is 15.9 Å². The van der Waals surface area contributed by atoms with Crippen LogP contribution in [0.1, 0.15) is 15.9 Å². The lowest BCUT2D eigenvalue weighted by Crippen LogP contribution is -2.26. The second-order valence-corrected chi connectivity index (χ2v) is 6.63. The van der Waals surface area contributed by atoms with E-state index in [4.69, 9.17) is 0 Å². The lowest BCUT2D eigenvalue weighted by molar-refractivity contribution is -0.387. The Morgan fingerprint density at radius 3 is 2.76 bits per heavy atom. The number of hydrogen-bond acceptors (Lipinski definition) is 4. The minimum absolute atomic E-state index is 0.0832. The Labute approximate surface area is 132 Å². The van der Waals surface area contributed by atoms with Crippen molar-refractivity contribution in [3.05, 3.63) is 60.5 Å². The Kier molecular flexibility index (Phi) is 4.69. The van der Waals surface area contributed by atoms with E-state index < -0.39 is 22.3 Å². The number of thiophene rings is 1. The Morgan fingerprint density at radius 2 is 2.19 bits per heavy atom. The zero-order chi connectivity index (χ0) is 15.6. The highest BCUT2D eigenvalue weighted by molar-refractivity contribution is 9.11. The maximum absolute atomic E-state index is 13.3.